The van der Waals surface area contributed by atoms with Crippen LogP contribution in [-0.4, -0.2) is 24.1 Å². The second-order valence-corrected chi connectivity index (χ2v) is 5.11. The monoisotopic (exact) mass is 328 g/mol. The molecule has 2 aromatic rings. The van der Waals surface area contributed by atoms with Gasteiger partial charge in [0, 0.05) is 18.8 Å². The Kier molecular flexibility index (Phi) is 6.89. The Morgan fingerprint density at radius 1 is 1.17 bits per heavy atom. The summed E-state index contributed by atoms with van der Waals surface area (Å²) in [6.45, 7) is 5.89. The maximum absolute atomic E-state index is 5.79. The van der Waals surface area contributed by atoms with E-state index in [2.05, 4.69) is 22.2 Å². The summed E-state index contributed by atoms with van der Waals surface area (Å²) < 4.78 is 11.3. The van der Waals surface area contributed by atoms with Gasteiger partial charge in [0.25, 0.3) is 0 Å². The fourth-order valence-corrected chi connectivity index (χ4v) is 1.97. The molecule has 1 aromatic carbocycles. The summed E-state index contributed by atoms with van der Waals surface area (Å²) in [7, 11) is 0. The lowest BCUT2D eigenvalue weighted by Crippen LogP contribution is -2.32. The van der Waals surface area contributed by atoms with E-state index in [1.807, 2.05) is 43.3 Å². The lowest BCUT2D eigenvalue weighted by molar-refractivity contribution is 0.319. The predicted octanol–water partition coefficient (Wildman–Crippen LogP) is 3.09. The average Bonchev–Trinajstić information content (AvgIpc) is 2.61. The summed E-state index contributed by atoms with van der Waals surface area (Å²) >= 11 is 0. The van der Waals surface area contributed by atoms with Crippen molar-refractivity contribution in [2.24, 2.45) is 10.7 Å². The van der Waals surface area contributed by atoms with Gasteiger partial charge in [0.1, 0.15) is 0 Å². The van der Waals surface area contributed by atoms with Gasteiger partial charge in [-0.05, 0) is 31.0 Å². The Morgan fingerprint density at radius 2 is 1.96 bits per heavy atom. The summed E-state index contributed by atoms with van der Waals surface area (Å²) in [6, 6.07) is 11.3. The van der Waals surface area contributed by atoms with E-state index < -0.39 is 0 Å². The minimum Gasteiger partial charge on any atom is -0.490 e. The molecule has 0 bridgehead atoms. The van der Waals surface area contributed by atoms with E-state index in [1.54, 1.807) is 6.20 Å². The smallest absolute Gasteiger partial charge is 0.219 e. The van der Waals surface area contributed by atoms with Crippen molar-refractivity contribution in [3.63, 3.8) is 0 Å². The number of benzene rings is 1. The molecule has 0 aliphatic carbocycles. The number of pyridine rings is 1. The average molecular weight is 328 g/mol. The number of aliphatic imine (C=N–C) groups is 1. The van der Waals surface area contributed by atoms with Gasteiger partial charge < -0.3 is 20.5 Å². The van der Waals surface area contributed by atoms with Crippen molar-refractivity contribution in [1.29, 1.82) is 0 Å². The topological polar surface area (TPSA) is 81.8 Å². The number of nitrogens with two attached hydrogens (primary N) is 1. The fraction of sp³-hybridized carbons (Fsp3) is 0.333. The minimum atomic E-state index is 0.447. The van der Waals surface area contributed by atoms with E-state index in [0.717, 1.165) is 18.5 Å². The molecule has 1 heterocycles. The molecule has 0 saturated carbocycles. The number of rotatable bonds is 8. The normalized spacial score (nSPS) is 11.2. The molecule has 1 aromatic heterocycles. The molecule has 6 heteroatoms. The van der Waals surface area contributed by atoms with Crippen LogP contribution in [0.5, 0.6) is 17.4 Å². The van der Waals surface area contributed by atoms with E-state index in [0.29, 0.717) is 36.5 Å². The van der Waals surface area contributed by atoms with Crippen molar-refractivity contribution in [2.45, 2.75) is 26.8 Å². The number of hydrogen-bond donors (Lipinski definition) is 2. The van der Waals surface area contributed by atoms with Crippen LogP contribution in [0, 0.1) is 0 Å². The zero-order valence-electron chi connectivity index (χ0n) is 14.2. The Hall–Kier alpha value is -2.76. The standard InChI is InChI=1S/C18H24N4O2/c1-3-11-20-18(19)22-13-14-9-10-17(21-12-14)24-16-8-6-5-7-15(16)23-4-2/h5-10,12H,3-4,11,13H2,1-2H3,(H3,19,20,22). The molecule has 0 spiro atoms. The molecule has 0 radical (unpaired) electrons. The molecular formula is C18H24N4O2. The molecule has 6 nitrogen and oxygen atoms in total. The summed E-state index contributed by atoms with van der Waals surface area (Å²) in [6.07, 6.45) is 2.74. The highest BCUT2D eigenvalue weighted by atomic mass is 16.5. The van der Waals surface area contributed by atoms with Crippen LogP contribution in [0.2, 0.25) is 0 Å². The molecule has 0 fully saturated rings. The number of nitrogens with one attached hydrogen (secondary N) is 1. The molecule has 3 N–H and O–H groups in total. The summed E-state index contributed by atoms with van der Waals surface area (Å²) in [5.74, 6) is 2.30. The van der Waals surface area contributed by atoms with Crippen molar-refractivity contribution in [1.82, 2.24) is 10.3 Å². The second kappa shape index (κ2) is 9.39. The molecule has 0 atom stereocenters. The Balaban J connectivity index is 1.97. The molecular weight excluding hydrogens is 304 g/mol. The lowest BCUT2D eigenvalue weighted by atomic mass is 10.3. The molecule has 0 aliphatic heterocycles. The first-order valence-electron chi connectivity index (χ1n) is 8.11. The Labute approximate surface area is 142 Å². The number of guanidine groups is 1. The minimum absolute atomic E-state index is 0.447. The largest absolute Gasteiger partial charge is 0.490 e. The highest BCUT2D eigenvalue weighted by molar-refractivity contribution is 5.77. The Morgan fingerprint density at radius 3 is 2.62 bits per heavy atom. The number of para-hydroxylation sites is 2. The summed E-state index contributed by atoms with van der Waals surface area (Å²) in [5, 5.41) is 3.03. The quantitative estimate of drug-likeness (QED) is 0.575. The number of nitrogens with zero attached hydrogens (tertiary/aromatic N) is 2. The molecule has 0 aliphatic rings. The predicted molar refractivity (Wildman–Crippen MR) is 95.5 cm³/mol. The van der Waals surface area contributed by atoms with Crippen LogP contribution in [0.1, 0.15) is 25.8 Å². The third-order valence-corrected chi connectivity index (χ3v) is 3.15. The maximum atomic E-state index is 5.79. The number of hydrogen-bond acceptors (Lipinski definition) is 4. The first-order valence-corrected chi connectivity index (χ1v) is 8.11. The first kappa shape index (κ1) is 17.6. The SMILES string of the molecule is CCCNC(N)=NCc1ccc(Oc2ccccc2OCC)nc1. The summed E-state index contributed by atoms with van der Waals surface area (Å²) in [4.78, 5) is 8.57. The van der Waals surface area contributed by atoms with Crippen molar-refractivity contribution < 1.29 is 9.47 Å². The second-order valence-electron chi connectivity index (χ2n) is 5.11. The van der Waals surface area contributed by atoms with Gasteiger partial charge in [0.15, 0.2) is 17.5 Å². The molecule has 0 unspecified atom stereocenters. The van der Waals surface area contributed by atoms with Crippen molar-refractivity contribution in [2.75, 3.05) is 13.2 Å². The Bertz CT molecular complexity index is 656. The van der Waals surface area contributed by atoms with Crippen LogP contribution in [0.25, 0.3) is 0 Å². The first-order chi connectivity index (χ1) is 11.7. The van der Waals surface area contributed by atoms with Gasteiger partial charge in [-0.3, -0.25) is 0 Å². The van der Waals surface area contributed by atoms with E-state index in [1.165, 1.54) is 0 Å². The third-order valence-electron chi connectivity index (χ3n) is 3.15. The van der Waals surface area contributed by atoms with E-state index >= 15 is 0 Å². The highest BCUT2D eigenvalue weighted by Crippen LogP contribution is 2.30. The maximum Gasteiger partial charge on any atom is 0.219 e. The van der Waals surface area contributed by atoms with Gasteiger partial charge in [-0.15, -0.1) is 0 Å². The highest BCUT2D eigenvalue weighted by Gasteiger charge is 2.06. The molecule has 0 saturated heterocycles. The van der Waals surface area contributed by atoms with Crippen LogP contribution >= 0.6 is 0 Å². The number of aromatic nitrogens is 1. The zero-order valence-corrected chi connectivity index (χ0v) is 14.2. The van der Waals surface area contributed by atoms with Gasteiger partial charge in [-0.2, -0.15) is 0 Å². The van der Waals surface area contributed by atoms with Crippen LogP contribution in [0.4, 0.5) is 0 Å². The van der Waals surface area contributed by atoms with Crippen LogP contribution in [0.3, 0.4) is 0 Å². The molecule has 128 valence electrons. The van der Waals surface area contributed by atoms with Crippen LogP contribution in [0.15, 0.2) is 47.6 Å². The van der Waals surface area contributed by atoms with Gasteiger partial charge >= 0.3 is 0 Å². The van der Waals surface area contributed by atoms with Crippen LogP contribution < -0.4 is 20.5 Å². The van der Waals surface area contributed by atoms with E-state index in [4.69, 9.17) is 15.2 Å². The third kappa shape index (κ3) is 5.46. The van der Waals surface area contributed by atoms with Crippen molar-refractivity contribution in [3.8, 4) is 17.4 Å². The van der Waals surface area contributed by atoms with Gasteiger partial charge in [0.2, 0.25) is 5.88 Å². The summed E-state index contributed by atoms with van der Waals surface area (Å²) in [5.41, 5.74) is 6.72. The number of ether oxygens (including phenoxy) is 2. The van der Waals surface area contributed by atoms with Crippen molar-refractivity contribution in [3.05, 3.63) is 48.2 Å². The van der Waals surface area contributed by atoms with Crippen LogP contribution in [-0.2, 0) is 6.54 Å². The lowest BCUT2D eigenvalue weighted by Gasteiger charge is -2.10. The molecule has 0 amide bonds. The van der Waals surface area contributed by atoms with E-state index in [-0.39, 0.29) is 0 Å². The molecule has 2 rings (SSSR count). The van der Waals surface area contributed by atoms with E-state index in [9.17, 15) is 0 Å². The molecule has 24 heavy (non-hydrogen) atoms. The zero-order chi connectivity index (χ0) is 17.2. The fourth-order valence-electron chi connectivity index (χ4n) is 1.97. The van der Waals surface area contributed by atoms with Gasteiger partial charge in [0.05, 0.1) is 13.2 Å². The van der Waals surface area contributed by atoms with Gasteiger partial charge in [-0.25, -0.2) is 9.98 Å². The van der Waals surface area contributed by atoms with Crippen molar-refractivity contribution >= 4 is 5.96 Å². The van der Waals surface area contributed by atoms with Gasteiger partial charge in [-0.1, -0.05) is 25.1 Å².